The summed E-state index contributed by atoms with van der Waals surface area (Å²) >= 11 is 0. The molecule has 0 N–H and O–H groups in total. The summed E-state index contributed by atoms with van der Waals surface area (Å²) in [5.74, 6) is -2.64. The average Bonchev–Trinajstić information content (AvgIpc) is 2.51. The molecular formula is C19H30O9. The van der Waals surface area contributed by atoms with Crippen molar-refractivity contribution in [3.05, 3.63) is 0 Å². The lowest BCUT2D eigenvalue weighted by Crippen LogP contribution is -2.58. The maximum absolute atomic E-state index is 11.7. The Bertz CT molecular complexity index is 598. The van der Waals surface area contributed by atoms with E-state index in [2.05, 4.69) is 0 Å². The van der Waals surface area contributed by atoms with Crippen LogP contribution in [0.5, 0.6) is 0 Å². The molecule has 28 heavy (non-hydrogen) atoms. The van der Waals surface area contributed by atoms with E-state index < -0.39 is 53.9 Å². The summed E-state index contributed by atoms with van der Waals surface area (Å²) in [4.78, 5) is 46.1. The smallest absolute Gasteiger partial charge is 0.303 e. The molecule has 5 atom stereocenters. The fraction of sp³-hybridized carbons (Fsp3) is 0.789. The zero-order chi connectivity index (χ0) is 21.6. The number of rotatable bonds is 7. The van der Waals surface area contributed by atoms with Gasteiger partial charge in [0.1, 0.15) is 18.8 Å². The van der Waals surface area contributed by atoms with Crippen molar-refractivity contribution in [1.29, 1.82) is 0 Å². The SMILES string of the molecule is CC(=O)OCC(OC(C)=O)C(OC(C)=O)C1OC(C)(C)CC(OC(C)=O)C1C. The number of ether oxygens (including phenoxy) is 5. The molecule has 0 bridgehead atoms. The van der Waals surface area contributed by atoms with Gasteiger partial charge in [0.25, 0.3) is 0 Å². The van der Waals surface area contributed by atoms with Crippen LogP contribution in [0, 0.1) is 5.92 Å². The Morgan fingerprint density at radius 1 is 0.964 bits per heavy atom. The van der Waals surface area contributed by atoms with Crippen molar-refractivity contribution in [3.8, 4) is 0 Å². The van der Waals surface area contributed by atoms with E-state index in [1.807, 2.05) is 13.8 Å². The van der Waals surface area contributed by atoms with E-state index in [0.717, 1.165) is 0 Å². The molecule has 9 heteroatoms. The second kappa shape index (κ2) is 9.86. The van der Waals surface area contributed by atoms with Crippen molar-refractivity contribution < 1.29 is 42.9 Å². The third-order valence-electron chi connectivity index (χ3n) is 4.33. The first-order valence-electron chi connectivity index (χ1n) is 9.15. The van der Waals surface area contributed by atoms with E-state index in [0.29, 0.717) is 6.42 Å². The van der Waals surface area contributed by atoms with Crippen LogP contribution in [-0.2, 0) is 42.9 Å². The van der Waals surface area contributed by atoms with Crippen LogP contribution in [0.1, 0.15) is 54.9 Å². The van der Waals surface area contributed by atoms with Crippen LogP contribution in [0.3, 0.4) is 0 Å². The average molecular weight is 402 g/mol. The molecule has 0 amide bonds. The molecule has 160 valence electrons. The van der Waals surface area contributed by atoms with E-state index in [1.165, 1.54) is 27.7 Å². The van der Waals surface area contributed by atoms with Gasteiger partial charge in [-0.05, 0) is 13.8 Å². The Balaban J connectivity index is 3.24. The standard InChI is InChI=1S/C19H30O9/c1-10-15(25-12(3)21)8-19(6,7)28-17(10)18(27-14(5)23)16(26-13(4)22)9-24-11(2)20/h10,15-18H,8-9H2,1-7H3. The summed E-state index contributed by atoms with van der Waals surface area (Å²) in [5, 5.41) is 0. The third kappa shape index (κ3) is 7.46. The summed E-state index contributed by atoms with van der Waals surface area (Å²) in [6.45, 7) is 10.1. The van der Waals surface area contributed by atoms with Crippen LogP contribution in [0.2, 0.25) is 0 Å². The largest absolute Gasteiger partial charge is 0.462 e. The lowest BCUT2D eigenvalue weighted by molar-refractivity contribution is -0.237. The Kier molecular flexibility index (Phi) is 8.41. The monoisotopic (exact) mass is 402 g/mol. The molecule has 1 rings (SSSR count). The highest BCUT2D eigenvalue weighted by molar-refractivity contribution is 5.68. The Morgan fingerprint density at radius 2 is 1.54 bits per heavy atom. The van der Waals surface area contributed by atoms with Gasteiger partial charge in [-0.3, -0.25) is 19.2 Å². The van der Waals surface area contributed by atoms with Crippen molar-refractivity contribution in [2.24, 2.45) is 5.92 Å². The lowest BCUT2D eigenvalue weighted by atomic mass is 9.82. The predicted octanol–water partition coefficient (Wildman–Crippen LogP) is 1.55. The van der Waals surface area contributed by atoms with Crippen LogP contribution < -0.4 is 0 Å². The van der Waals surface area contributed by atoms with Gasteiger partial charge in [0.2, 0.25) is 0 Å². The lowest BCUT2D eigenvalue weighted by Gasteiger charge is -2.47. The van der Waals surface area contributed by atoms with Gasteiger partial charge < -0.3 is 23.7 Å². The molecule has 0 aromatic carbocycles. The van der Waals surface area contributed by atoms with Crippen LogP contribution >= 0.6 is 0 Å². The molecule has 1 saturated heterocycles. The fourth-order valence-electron chi connectivity index (χ4n) is 3.29. The number of carbonyl (C=O) groups is 4. The van der Waals surface area contributed by atoms with Gasteiger partial charge in [-0.2, -0.15) is 0 Å². The minimum Gasteiger partial charge on any atom is -0.462 e. The highest BCUT2D eigenvalue weighted by atomic mass is 16.6. The zero-order valence-corrected chi connectivity index (χ0v) is 17.5. The molecule has 0 aliphatic carbocycles. The van der Waals surface area contributed by atoms with Gasteiger partial charge in [0.05, 0.1) is 5.60 Å². The van der Waals surface area contributed by atoms with E-state index >= 15 is 0 Å². The van der Waals surface area contributed by atoms with Crippen LogP contribution in [0.4, 0.5) is 0 Å². The summed E-state index contributed by atoms with van der Waals surface area (Å²) in [6, 6.07) is 0. The molecule has 9 nitrogen and oxygen atoms in total. The van der Waals surface area contributed by atoms with Crippen molar-refractivity contribution in [3.63, 3.8) is 0 Å². The van der Waals surface area contributed by atoms with Gasteiger partial charge in [-0.1, -0.05) is 6.92 Å². The van der Waals surface area contributed by atoms with Gasteiger partial charge >= 0.3 is 23.9 Å². The van der Waals surface area contributed by atoms with E-state index in [-0.39, 0.29) is 12.5 Å². The normalized spacial score (nSPS) is 25.8. The van der Waals surface area contributed by atoms with Crippen molar-refractivity contribution in [2.45, 2.75) is 84.9 Å². The second-order valence-electron chi connectivity index (χ2n) is 7.58. The number of hydrogen-bond acceptors (Lipinski definition) is 9. The Labute approximate surface area is 165 Å². The maximum atomic E-state index is 11.7. The second-order valence-corrected chi connectivity index (χ2v) is 7.58. The maximum Gasteiger partial charge on any atom is 0.303 e. The van der Waals surface area contributed by atoms with E-state index in [9.17, 15) is 19.2 Å². The topological polar surface area (TPSA) is 114 Å². The van der Waals surface area contributed by atoms with Gasteiger partial charge in [-0.25, -0.2) is 0 Å². The predicted molar refractivity (Wildman–Crippen MR) is 96.0 cm³/mol. The van der Waals surface area contributed by atoms with Gasteiger partial charge in [0, 0.05) is 40.0 Å². The number of carbonyl (C=O) groups excluding carboxylic acids is 4. The first kappa shape index (κ1) is 23.9. The van der Waals surface area contributed by atoms with Crippen LogP contribution in [-0.4, -0.2) is 60.5 Å². The highest BCUT2D eigenvalue weighted by Gasteiger charge is 2.49. The fourth-order valence-corrected chi connectivity index (χ4v) is 3.29. The summed E-state index contributed by atoms with van der Waals surface area (Å²) in [5.41, 5.74) is -0.697. The molecular weight excluding hydrogens is 372 g/mol. The molecule has 0 spiro atoms. The third-order valence-corrected chi connectivity index (χ3v) is 4.33. The van der Waals surface area contributed by atoms with Crippen molar-refractivity contribution in [2.75, 3.05) is 6.61 Å². The molecule has 0 saturated carbocycles. The molecule has 1 aliphatic heterocycles. The van der Waals surface area contributed by atoms with E-state index in [4.69, 9.17) is 23.7 Å². The minimum absolute atomic E-state index is 0.307. The minimum atomic E-state index is -1.08. The number of hydrogen-bond donors (Lipinski definition) is 0. The van der Waals surface area contributed by atoms with Gasteiger partial charge in [-0.15, -0.1) is 0 Å². The highest BCUT2D eigenvalue weighted by Crippen LogP contribution is 2.37. The van der Waals surface area contributed by atoms with Crippen molar-refractivity contribution >= 4 is 23.9 Å². The Hall–Kier alpha value is -2.16. The summed E-state index contributed by atoms with van der Waals surface area (Å²) < 4.78 is 27.2. The molecule has 0 aromatic heterocycles. The van der Waals surface area contributed by atoms with Crippen LogP contribution in [0.15, 0.2) is 0 Å². The summed E-state index contributed by atoms with van der Waals surface area (Å²) in [7, 11) is 0. The summed E-state index contributed by atoms with van der Waals surface area (Å²) in [6.07, 6.45) is -2.95. The first-order chi connectivity index (χ1) is 12.8. The number of esters is 4. The van der Waals surface area contributed by atoms with Gasteiger partial charge in [0.15, 0.2) is 12.2 Å². The first-order valence-corrected chi connectivity index (χ1v) is 9.15. The molecule has 1 fully saturated rings. The Morgan fingerprint density at radius 3 is 2.00 bits per heavy atom. The van der Waals surface area contributed by atoms with Crippen LogP contribution in [0.25, 0.3) is 0 Å². The zero-order valence-electron chi connectivity index (χ0n) is 17.5. The van der Waals surface area contributed by atoms with Crippen molar-refractivity contribution in [1.82, 2.24) is 0 Å². The molecule has 0 radical (unpaired) electrons. The quantitative estimate of drug-likeness (QED) is 0.462. The molecule has 0 aromatic rings. The molecule has 1 heterocycles. The molecule has 1 aliphatic rings. The molecule has 5 unspecified atom stereocenters. The van der Waals surface area contributed by atoms with E-state index in [1.54, 1.807) is 6.92 Å².